The van der Waals surface area contributed by atoms with Crippen LogP contribution in [-0.4, -0.2) is 13.2 Å². The summed E-state index contributed by atoms with van der Waals surface area (Å²) in [6.07, 6.45) is 13.8. The molecule has 0 fully saturated rings. The third-order valence-electron chi connectivity index (χ3n) is 3.63. The van der Waals surface area contributed by atoms with Gasteiger partial charge in [-0.15, -0.1) is 0 Å². The van der Waals surface area contributed by atoms with E-state index in [0.717, 1.165) is 45.3 Å². The van der Waals surface area contributed by atoms with Gasteiger partial charge in [-0.3, -0.25) is 0 Å². The molecule has 0 saturated carbocycles. The van der Waals surface area contributed by atoms with E-state index < -0.39 is 0 Å². The second-order valence-electron chi connectivity index (χ2n) is 5.66. The fourth-order valence-corrected chi connectivity index (χ4v) is 2.31. The van der Waals surface area contributed by atoms with Crippen molar-refractivity contribution in [2.45, 2.75) is 58.0 Å². The van der Waals surface area contributed by atoms with Crippen LogP contribution < -0.4 is 0 Å². The van der Waals surface area contributed by atoms with Crippen LogP contribution in [0.2, 0.25) is 0 Å². The van der Waals surface area contributed by atoms with E-state index in [9.17, 15) is 0 Å². The predicted molar refractivity (Wildman–Crippen MR) is 96.2 cm³/mol. The number of unbranched alkanes of at least 4 members (excludes halogenated alkanes) is 6. The number of nitrogens with zero attached hydrogens (tertiary/aromatic N) is 3. The maximum Gasteiger partial charge on any atom is 0.0716 e. The van der Waals surface area contributed by atoms with Crippen molar-refractivity contribution in [3.05, 3.63) is 58.5 Å². The number of allylic oxidation sites excluding steroid dienone is 2. The zero-order valence-electron chi connectivity index (χ0n) is 14.1. The van der Waals surface area contributed by atoms with Gasteiger partial charge < -0.3 is 4.74 Å². The first kappa shape index (κ1) is 19.3. The number of benzene rings is 1. The highest BCUT2D eigenvalue weighted by atomic mass is 16.5. The fraction of sp³-hybridized carbons (Fsp3) is 0.579. The first-order valence-electron chi connectivity index (χ1n) is 8.71. The van der Waals surface area contributed by atoms with Crippen molar-refractivity contribution in [2.75, 3.05) is 13.2 Å². The van der Waals surface area contributed by atoms with Crippen molar-refractivity contribution >= 4 is 0 Å². The average molecular weight is 315 g/mol. The third-order valence-corrected chi connectivity index (χ3v) is 3.63. The lowest BCUT2D eigenvalue weighted by molar-refractivity contribution is 0.117. The minimum absolute atomic E-state index is 0.632. The van der Waals surface area contributed by atoms with E-state index in [2.05, 4.69) is 34.3 Å². The molecule has 0 saturated heterocycles. The van der Waals surface area contributed by atoms with Crippen LogP contribution >= 0.6 is 0 Å². The molecule has 0 aromatic heterocycles. The first-order chi connectivity index (χ1) is 11.4. The Labute approximate surface area is 140 Å². The third kappa shape index (κ3) is 12.5. The van der Waals surface area contributed by atoms with Gasteiger partial charge in [0.15, 0.2) is 0 Å². The number of ether oxygens (including phenoxy) is 1. The predicted octanol–water partition coefficient (Wildman–Crippen LogP) is 6.19. The molecule has 0 spiro atoms. The Hall–Kier alpha value is -1.77. The van der Waals surface area contributed by atoms with E-state index in [1.165, 1.54) is 24.8 Å². The lowest BCUT2D eigenvalue weighted by Gasteiger charge is -2.03. The quantitative estimate of drug-likeness (QED) is 0.133. The van der Waals surface area contributed by atoms with Crippen LogP contribution in [0.15, 0.2) is 47.6 Å². The van der Waals surface area contributed by atoms with Crippen molar-refractivity contribution in [1.29, 1.82) is 0 Å². The molecule has 0 aliphatic heterocycles. The van der Waals surface area contributed by atoms with Crippen LogP contribution in [0.5, 0.6) is 0 Å². The number of hydrogen-bond acceptors (Lipinski definition) is 2. The summed E-state index contributed by atoms with van der Waals surface area (Å²) in [5, 5.41) is 3.53. The molecule has 0 amide bonds. The number of azide groups is 1. The Balaban J connectivity index is 1.80. The molecule has 0 atom stereocenters. The Morgan fingerprint density at radius 1 is 0.913 bits per heavy atom. The highest BCUT2D eigenvalue weighted by Crippen LogP contribution is 2.06. The highest BCUT2D eigenvalue weighted by Gasteiger charge is 1.92. The van der Waals surface area contributed by atoms with E-state index in [1.807, 2.05) is 18.2 Å². The molecular weight excluding hydrogens is 286 g/mol. The van der Waals surface area contributed by atoms with Gasteiger partial charge in [0.05, 0.1) is 6.61 Å². The van der Waals surface area contributed by atoms with Gasteiger partial charge in [-0.25, -0.2) is 0 Å². The Bertz CT molecular complexity index is 453. The van der Waals surface area contributed by atoms with Crippen molar-refractivity contribution in [1.82, 2.24) is 0 Å². The zero-order valence-corrected chi connectivity index (χ0v) is 14.1. The topological polar surface area (TPSA) is 58.0 Å². The highest BCUT2D eigenvalue weighted by molar-refractivity contribution is 5.13. The van der Waals surface area contributed by atoms with E-state index in [1.54, 1.807) is 0 Å². The van der Waals surface area contributed by atoms with E-state index >= 15 is 0 Å². The van der Waals surface area contributed by atoms with Crippen LogP contribution in [-0.2, 0) is 11.3 Å². The Kier molecular flexibility index (Phi) is 12.7. The molecule has 1 aromatic rings. The van der Waals surface area contributed by atoms with Crippen LogP contribution in [0.25, 0.3) is 10.4 Å². The molecule has 23 heavy (non-hydrogen) atoms. The standard InChI is InChI=1S/C19H29N3O/c20-22-21-16-12-7-5-3-1-2-4-6-8-13-17-23-18-19-14-10-9-11-15-19/h1-2,9-11,14-15H,3-8,12-13,16-18H2/b2-1+. The maximum atomic E-state index is 8.15. The van der Waals surface area contributed by atoms with E-state index in [4.69, 9.17) is 10.3 Å². The van der Waals surface area contributed by atoms with Crippen LogP contribution in [0, 0.1) is 0 Å². The lowest BCUT2D eigenvalue weighted by atomic mass is 10.1. The molecule has 0 unspecified atom stereocenters. The van der Waals surface area contributed by atoms with Gasteiger partial charge in [-0.1, -0.05) is 60.4 Å². The molecule has 0 aliphatic carbocycles. The van der Waals surface area contributed by atoms with Gasteiger partial charge in [0.25, 0.3) is 0 Å². The second-order valence-corrected chi connectivity index (χ2v) is 5.66. The van der Waals surface area contributed by atoms with Gasteiger partial charge >= 0.3 is 0 Å². The van der Waals surface area contributed by atoms with Crippen molar-refractivity contribution in [2.24, 2.45) is 5.11 Å². The van der Waals surface area contributed by atoms with Gasteiger partial charge in [0.2, 0.25) is 0 Å². The van der Waals surface area contributed by atoms with Gasteiger partial charge in [0, 0.05) is 18.1 Å². The molecule has 4 heteroatoms. The SMILES string of the molecule is [N-]=[N+]=NCCCCC/C=C/CCCCCOCc1ccccc1. The maximum absolute atomic E-state index is 8.15. The second kappa shape index (κ2) is 15.1. The van der Waals surface area contributed by atoms with Crippen LogP contribution in [0.3, 0.4) is 0 Å². The smallest absolute Gasteiger partial charge is 0.0716 e. The molecule has 126 valence electrons. The molecule has 0 bridgehead atoms. The molecule has 1 aromatic carbocycles. The monoisotopic (exact) mass is 315 g/mol. The summed E-state index contributed by atoms with van der Waals surface area (Å²) in [5.41, 5.74) is 9.39. The van der Waals surface area contributed by atoms with Gasteiger partial charge in [-0.05, 0) is 49.6 Å². The molecule has 1 rings (SSSR count). The minimum Gasteiger partial charge on any atom is -0.377 e. The zero-order chi connectivity index (χ0) is 16.4. The molecule has 0 radical (unpaired) electrons. The lowest BCUT2D eigenvalue weighted by Crippen LogP contribution is -1.95. The summed E-state index contributed by atoms with van der Waals surface area (Å²) in [5.74, 6) is 0. The summed E-state index contributed by atoms with van der Waals surface area (Å²) in [6, 6.07) is 10.3. The molecule has 0 N–H and O–H groups in total. The van der Waals surface area contributed by atoms with Crippen LogP contribution in [0.4, 0.5) is 0 Å². The van der Waals surface area contributed by atoms with Gasteiger partial charge in [-0.2, -0.15) is 0 Å². The largest absolute Gasteiger partial charge is 0.377 e. The number of rotatable bonds is 14. The Morgan fingerprint density at radius 3 is 2.30 bits per heavy atom. The summed E-state index contributed by atoms with van der Waals surface area (Å²) in [4.78, 5) is 2.75. The first-order valence-corrected chi connectivity index (χ1v) is 8.71. The van der Waals surface area contributed by atoms with E-state index in [0.29, 0.717) is 6.54 Å². The average Bonchev–Trinajstić information content (AvgIpc) is 2.59. The van der Waals surface area contributed by atoms with Crippen molar-refractivity contribution in [3.8, 4) is 0 Å². The minimum atomic E-state index is 0.632. The van der Waals surface area contributed by atoms with Crippen molar-refractivity contribution < 1.29 is 4.74 Å². The molecule has 4 nitrogen and oxygen atoms in total. The summed E-state index contributed by atoms with van der Waals surface area (Å²) < 4.78 is 5.67. The number of hydrogen-bond donors (Lipinski definition) is 0. The molecular formula is C19H29N3O. The van der Waals surface area contributed by atoms with Crippen molar-refractivity contribution in [3.63, 3.8) is 0 Å². The van der Waals surface area contributed by atoms with Gasteiger partial charge in [0.1, 0.15) is 0 Å². The Morgan fingerprint density at radius 2 is 1.61 bits per heavy atom. The molecule has 0 heterocycles. The summed E-state index contributed by atoms with van der Waals surface area (Å²) >= 11 is 0. The normalized spacial score (nSPS) is 10.8. The van der Waals surface area contributed by atoms with E-state index in [-0.39, 0.29) is 0 Å². The summed E-state index contributed by atoms with van der Waals surface area (Å²) in [7, 11) is 0. The summed E-state index contributed by atoms with van der Waals surface area (Å²) in [6.45, 7) is 2.21. The van der Waals surface area contributed by atoms with Crippen LogP contribution in [0.1, 0.15) is 56.9 Å². The fourth-order valence-electron chi connectivity index (χ4n) is 2.31. The molecule has 0 aliphatic rings.